The van der Waals surface area contributed by atoms with Gasteiger partial charge < -0.3 is 15.7 Å². The van der Waals surface area contributed by atoms with Gasteiger partial charge in [-0.15, -0.1) is 11.3 Å². The fourth-order valence-corrected chi connectivity index (χ4v) is 3.19. The Morgan fingerprint density at radius 1 is 1.30 bits per heavy atom. The molecule has 0 saturated heterocycles. The zero-order valence-electron chi connectivity index (χ0n) is 14.8. The summed E-state index contributed by atoms with van der Waals surface area (Å²) in [5.41, 5.74) is 1.15. The maximum Gasteiger partial charge on any atom is 0.191 e. The summed E-state index contributed by atoms with van der Waals surface area (Å²) in [5, 5.41) is 19.1. The SMILES string of the molecule is CCCC(CCO)CN=C(NCC)NCCc1csc(CC)n1. The third-order valence-corrected chi connectivity index (χ3v) is 4.70. The van der Waals surface area contributed by atoms with Crippen LogP contribution in [-0.4, -0.2) is 42.3 Å². The van der Waals surface area contributed by atoms with Gasteiger partial charge in [0.15, 0.2) is 5.96 Å². The van der Waals surface area contributed by atoms with E-state index in [1.807, 2.05) is 0 Å². The smallest absolute Gasteiger partial charge is 0.191 e. The molecule has 0 spiro atoms. The molecule has 1 heterocycles. The number of rotatable bonds is 11. The molecule has 1 atom stereocenters. The summed E-state index contributed by atoms with van der Waals surface area (Å²) in [6.07, 6.45) is 4.99. The van der Waals surface area contributed by atoms with E-state index in [0.717, 1.165) is 63.4 Å². The standard InChI is InChI=1S/C17H32N4OS/c1-4-7-14(9-11-22)12-20-17(18-6-3)19-10-8-15-13-23-16(5-2)21-15/h13-14,22H,4-12H2,1-3H3,(H2,18,19,20). The lowest BCUT2D eigenvalue weighted by atomic mass is 10.0. The molecule has 0 aliphatic carbocycles. The highest BCUT2D eigenvalue weighted by Gasteiger charge is 2.07. The highest BCUT2D eigenvalue weighted by Crippen LogP contribution is 2.11. The predicted octanol–water partition coefficient (Wildman–Crippen LogP) is 2.60. The lowest BCUT2D eigenvalue weighted by molar-refractivity contribution is 0.253. The van der Waals surface area contributed by atoms with Crippen molar-refractivity contribution in [3.05, 3.63) is 16.1 Å². The molecule has 0 radical (unpaired) electrons. The molecule has 23 heavy (non-hydrogen) atoms. The number of aliphatic hydroxyl groups excluding tert-OH is 1. The molecule has 0 fully saturated rings. The van der Waals surface area contributed by atoms with Gasteiger partial charge in [-0.1, -0.05) is 20.3 Å². The molecule has 1 rings (SSSR count). The molecule has 3 N–H and O–H groups in total. The van der Waals surface area contributed by atoms with Crippen molar-refractivity contribution in [3.63, 3.8) is 0 Å². The summed E-state index contributed by atoms with van der Waals surface area (Å²) >= 11 is 1.74. The van der Waals surface area contributed by atoms with E-state index in [2.05, 4.69) is 46.8 Å². The molecule has 0 aliphatic rings. The molecule has 0 aromatic carbocycles. The van der Waals surface area contributed by atoms with Crippen molar-refractivity contribution in [1.82, 2.24) is 15.6 Å². The molecular formula is C17H32N4OS. The third-order valence-electron chi connectivity index (χ3n) is 3.66. The number of aliphatic hydroxyl groups is 1. The molecule has 0 saturated carbocycles. The molecule has 6 heteroatoms. The van der Waals surface area contributed by atoms with E-state index in [1.165, 1.54) is 5.01 Å². The second kappa shape index (κ2) is 12.3. The van der Waals surface area contributed by atoms with Crippen molar-refractivity contribution in [1.29, 1.82) is 0 Å². The number of hydrogen-bond acceptors (Lipinski definition) is 4. The van der Waals surface area contributed by atoms with Gasteiger partial charge in [0.05, 0.1) is 10.7 Å². The lowest BCUT2D eigenvalue weighted by Crippen LogP contribution is -2.38. The molecule has 0 bridgehead atoms. The second-order valence-electron chi connectivity index (χ2n) is 5.65. The van der Waals surface area contributed by atoms with Crippen molar-refractivity contribution >= 4 is 17.3 Å². The first-order valence-corrected chi connectivity index (χ1v) is 9.67. The van der Waals surface area contributed by atoms with E-state index in [0.29, 0.717) is 5.92 Å². The van der Waals surface area contributed by atoms with Gasteiger partial charge in [0, 0.05) is 38.0 Å². The Bertz CT molecular complexity index is 442. The molecule has 1 unspecified atom stereocenters. The maximum atomic E-state index is 9.14. The monoisotopic (exact) mass is 340 g/mol. The molecule has 1 aromatic heterocycles. The first-order chi connectivity index (χ1) is 11.2. The average Bonchev–Trinajstić information content (AvgIpc) is 3.01. The Labute approximate surface area is 144 Å². The van der Waals surface area contributed by atoms with Crippen molar-refractivity contribution in [2.24, 2.45) is 10.9 Å². The molecule has 132 valence electrons. The molecule has 1 aromatic rings. The number of thiazole rings is 1. The summed E-state index contributed by atoms with van der Waals surface area (Å²) < 4.78 is 0. The summed E-state index contributed by atoms with van der Waals surface area (Å²) in [6, 6.07) is 0. The highest BCUT2D eigenvalue weighted by molar-refractivity contribution is 7.09. The van der Waals surface area contributed by atoms with Crippen molar-refractivity contribution in [2.45, 2.75) is 52.9 Å². The van der Waals surface area contributed by atoms with Crippen LogP contribution >= 0.6 is 11.3 Å². The normalized spacial score (nSPS) is 13.1. The maximum absolute atomic E-state index is 9.14. The fourth-order valence-electron chi connectivity index (χ4n) is 2.41. The van der Waals surface area contributed by atoms with E-state index in [-0.39, 0.29) is 6.61 Å². The van der Waals surface area contributed by atoms with Crippen LogP contribution in [0.1, 0.15) is 50.7 Å². The molecule has 5 nitrogen and oxygen atoms in total. The number of guanidine groups is 1. The van der Waals surface area contributed by atoms with Gasteiger partial charge in [-0.25, -0.2) is 4.98 Å². The largest absolute Gasteiger partial charge is 0.396 e. The topological polar surface area (TPSA) is 69.5 Å². The van der Waals surface area contributed by atoms with E-state index in [9.17, 15) is 0 Å². The van der Waals surface area contributed by atoms with Crippen LogP contribution in [0.5, 0.6) is 0 Å². The van der Waals surface area contributed by atoms with Crippen LogP contribution in [0.2, 0.25) is 0 Å². The summed E-state index contributed by atoms with van der Waals surface area (Å²) in [5.74, 6) is 1.32. The number of nitrogens with zero attached hydrogens (tertiary/aromatic N) is 2. The van der Waals surface area contributed by atoms with Gasteiger partial charge >= 0.3 is 0 Å². The highest BCUT2D eigenvalue weighted by atomic mass is 32.1. The first kappa shape index (κ1) is 19.9. The molecule has 0 amide bonds. The Balaban J connectivity index is 2.44. The van der Waals surface area contributed by atoms with Crippen LogP contribution in [-0.2, 0) is 12.8 Å². The fraction of sp³-hybridized carbons (Fsp3) is 0.765. The minimum Gasteiger partial charge on any atom is -0.396 e. The van der Waals surface area contributed by atoms with Crippen LogP contribution < -0.4 is 10.6 Å². The van der Waals surface area contributed by atoms with Crippen molar-refractivity contribution in [3.8, 4) is 0 Å². The van der Waals surface area contributed by atoms with Gasteiger partial charge in [0.25, 0.3) is 0 Å². The lowest BCUT2D eigenvalue weighted by Gasteiger charge is -2.15. The van der Waals surface area contributed by atoms with Gasteiger partial charge in [-0.05, 0) is 32.1 Å². The minimum absolute atomic E-state index is 0.244. The second-order valence-corrected chi connectivity index (χ2v) is 6.59. The Morgan fingerprint density at radius 2 is 2.13 bits per heavy atom. The van der Waals surface area contributed by atoms with Gasteiger partial charge in [-0.2, -0.15) is 0 Å². The predicted molar refractivity (Wildman–Crippen MR) is 99.3 cm³/mol. The van der Waals surface area contributed by atoms with E-state index in [4.69, 9.17) is 5.11 Å². The Morgan fingerprint density at radius 3 is 2.74 bits per heavy atom. The van der Waals surface area contributed by atoms with Crippen LogP contribution in [0, 0.1) is 5.92 Å². The number of nitrogens with one attached hydrogen (secondary N) is 2. The molecular weight excluding hydrogens is 308 g/mol. The average molecular weight is 341 g/mol. The van der Waals surface area contributed by atoms with Crippen molar-refractivity contribution < 1.29 is 5.11 Å². The van der Waals surface area contributed by atoms with Gasteiger partial charge in [0.2, 0.25) is 0 Å². The number of aryl methyl sites for hydroxylation is 1. The summed E-state index contributed by atoms with van der Waals surface area (Å²) in [6.45, 7) is 9.07. The number of hydrogen-bond donors (Lipinski definition) is 3. The Kier molecular flexibility index (Phi) is 10.6. The zero-order valence-corrected chi connectivity index (χ0v) is 15.6. The van der Waals surface area contributed by atoms with Crippen molar-refractivity contribution in [2.75, 3.05) is 26.2 Å². The van der Waals surface area contributed by atoms with E-state index in [1.54, 1.807) is 11.3 Å². The summed E-state index contributed by atoms with van der Waals surface area (Å²) in [4.78, 5) is 9.25. The third kappa shape index (κ3) is 8.32. The first-order valence-electron chi connectivity index (χ1n) is 8.79. The van der Waals surface area contributed by atoms with Gasteiger partial charge in [0.1, 0.15) is 0 Å². The number of aromatic nitrogens is 1. The quantitative estimate of drug-likeness (QED) is 0.428. The van der Waals surface area contributed by atoms with E-state index >= 15 is 0 Å². The van der Waals surface area contributed by atoms with E-state index < -0.39 is 0 Å². The molecule has 0 aliphatic heterocycles. The van der Waals surface area contributed by atoms with Gasteiger partial charge in [-0.3, -0.25) is 4.99 Å². The number of aliphatic imine (C=N–C) groups is 1. The van der Waals surface area contributed by atoms with Crippen LogP contribution in [0.3, 0.4) is 0 Å². The van der Waals surface area contributed by atoms with Crippen LogP contribution in [0.25, 0.3) is 0 Å². The summed E-state index contributed by atoms with van der Waals surface area (Å²) in [7, 11) is 0. The zero-order chi connectivity index (χ0) is 16.9. The van der Waals surface area contributed by atoms with Crippen LogP contribution in [0.15, 0.2) is 10.4 Å². The van der Waals surface area contributed by atoms with Crippen LogP contribution in [0.4, 0.5) is 0 Å². The minimum atomic E-state index is 0.244. The Hall–Kier alpha value is -1.14.